The molecule has 1 atom stereocenters. The van der Waals surface area contributed by atoms with Crippen LogP contribution in [0.1, 0.15) is 24.4 Å². The quantitative estimate of drug-likeness (QED) is 0.853. The van der Waals surface area contributed by atoms with Crippen LogP contribution in [0.2, 0.25) is 5.02 Å². The van der Waals surface area contributed by atoms with Gasteiger partial charge in [0.15, 0.2) is 0 Å². The number of halogens is 4. The van der Waals surface area contributed by atoms with Crippen molar-refractivity contribution in [2.75, 3.05) is 0 Å². The van der Waals surface area contributed by atoms with Crippen molar-refractivity contribution in [3.05, 3.63) is 34.9 Å². The topological polar surface area (TPSA) is 26.0 Å². The van der Waals surface area contributed by atoms with Gasteiger partial charge in [-0.3, -0.25) is 0 Å². The van der Waals surface area contributed by atoms with Crippen LogP contribution in [0.4, 0.5) is 13.2 Å². The Bertz CT molecular complexity index is 325. The lowest BCUT2D eigenvalue weighted by Crippen LogP contribution is -2.16. The summed E-state index contributed by atoms with van der Waals surface area (Å²) in [4.78, 5) is 0. The molecule has 1 nitrogen and oxygen atoms in total. The summed E-state index contributed by atoms with van der Waals surface area (Å²) in [6.07, 6.45) is -5.20. The van der Waals surface area contributed by atoms with Crippen LogP contribution in [0, 0.1) is 0 Å². The summed E-state index contributed by atoms with van der Waals surface area (Å²) in [5.74, 6) is 0. The fraction of sp³-hybridized carbons (Fsp3) is 0.400. The van der Waals surface area contributed by atoms with Crippen molar-refractivity contribution in [2.45, 2.75) is 25.1 Å². The van der Waals surface area contributed by atoms with Gasteiger partial charge in [0.2, 0.25) is 0 Å². The SMILES string of the molecule is N[C@H](CCC(F)(F)F)c1ccccc1Cl. The lowest BCUT2D eigenvalue weighted by molar-refractivity contribution is -0.136. The van der Waals surface area contributed by atoms with E-state index < -0.39 is 18.6 Å². The third kappa shape index (κ3) is 4.10. The van der Waals surface area contributed by atoms with E-state index in [0.29, 0.717) is 10.6 Å². The Morgan fingerprint density at radius 2 is 1.87 bits per heavy atom. The van der Waals surface area contributed by atoms with Gasteiger partial charge in [-0.25, -0.2) is 0 Å². The summed E-state index contributed by atoms with van der Waals surface area (Å²) in [6, 6.07) is 6.00. The number of alkyl halides is 3. The van der Waals surface area contributed by atoms with Gasteiger partial charge in [-0.15, -0.1) is 0 Å². The molecule has 0 aliphatic heterocycles. The highest BCUT2D eigenvalue weighted by atomic mass is 35.5. The predicted octanol–water partition coefficient (Wildman–Crippen LogP) is 3.68. The van der Waals surface area contributed by atoms with Crippen molar-refractivity contribution in [1.82, 2.24) is 0 Å². The Hall–Kier alpha value is -0.740. The fourth-order valence-corrected chi connectivity index (χ4v) is 1.53. The molecular formula is C10H11ClF3N. The van der Waals surface area contributed by atoms with Crippen LogP contribution in [-0.2, 0) is 0 Å². The Morgan fingerprint density at radius 1 is 1.27 bits per heavy atom. The molecule has 0 heterocycles. The molecule has 1 aromatic carbocycles. The van der Waals surface area contributed by atoms with Crippen LogP contribution in [0.15, 0.2) is 24.3 Å². The predicted molar refractivity (Wildman–Crippen MR) is 53.7 cm³/mol. The Labute approximate surface area is 91.0 Å². The molecule has 84 valence electrons. The monoisotopic (exact) mass is 237 g/mol. The summed E-state index contributed by atoms with van der Waals surface area (Å²) in [6.45, 7) is 0. The largest absolute Gasteiger partial charge is 0.389 e. The van der Waals surface area contributed by atoms with E-state index in [2.05, 4.69) is 0 Å². The van der Waals surface area contributed by atoms with Crippen molar-refractivity contribution in [2.24, 2.45) is 5.73 Å². The van der Waals surface area contributed by atoms with Crippen molar-refractivity contribution in [3.8, 4) is 0 Å². The van der Waals surface area contributed by atoms with Crippen molar-refractivity contribution >= 4 is 11.6 Å². The highest BCUT2D eigenvalue weighted by molar-refractivity contribution is 6.31. The second-order valence-electron chi connectivity index (χ2n) is 3.28. The average molecular weight is 238 g/mol. The summed E-state index contributed by atoms with van der Waals surface area (Å²) >= 11 is 5.81. The van der Waals surface area contributed by atoms with E-state index in [9.17, 15) is 13.2 Å². The van der Waals surface area contributed by atoms with E-state index in [1.807, 2.05) is 0 Å². The van der Waals surface area contributed by atoms with Crippen LogP contribution in [0.3, 0.4) is 0 Å². The van der Waals surface area contributed by atoms with Crippen LogP contribution >= 0.6 is 11.6 Å². The molecule has 0 unspecified atom stereocenters. The second-order valence-corrected chi connectivity index (χ2v) is 3.69. The first-order chi connectivity index (χ1) is 6.90. The molecule has 0 aliphatic rings. The van der Waals surface area contributed by atoms with E-state index >= 15 is 0 Å². The molecule has 0 spiro atoms. The maximum atomic E-state index is 11.9. The molecule has 1 aromatic rings. The van der Waals surface area contributed by atoms with E-state index in [4.69, 9.17) is 17.3 Å². The highest BCUT2D eigenvalue weighted by Crippen LogP contribution is 2.29. The van der Waals surface area contributed by atoms with Gasteiger partial charge in [-0.2, -0.15) is 13.2 Å². The van der Waals surface area contributed by atoms with E-state index in [0.717, 1.165) is 0 Å². The van der Waals surface area contributed by atoms with Crippen LogP contribution in [0.5, 0.6) is 0 Å². The molecule has 0 radical (unpaired) electrons. The minimum Gasteiger partial charge on any atom is -0.324 e. The lowest BCUT2D eigenvalue weighted by atomic mass is 10.0. The average Bonchev–Trinajstić information content (AvgIpc) is 2.14. The maximum Gasteiger partial charge on any atom is 0.389 e. The van der Waals surface area contributed by atoms with E-state index in [-0.39, 0.29) is 6.42 Å². The molecule has 0 amide bonds. The zero-order valence-electron chi connectivity index (χ0n) is 7.89. The van der Waals surface area contributed by atoms with Crippen LogP contribution in [0.25, 0.3) is 0 Å². The minimum absolute atomic E-state index is 0.146. The van der Waals surface area contributed by atoms with Crippen molar-refractivity contribution < 1.29 is 13.2 Å². The highest BCUT2D eigenvalue weighted by Gasteiger charge is 2.28. The van der Waals surface area contributed by atoms with Gasteiger partial charge >= 0.3 is 6.18 Å². The second kappa shape index (κ2) is 4.86. The maximum absolute atomic E-state index is 11.9. The lowest BCUT2D eigenvalue weighted by Gasteiger charge is -2.14. The summed E-state index contributed by atoms with van der Waals surface area (Å²) < 4.78 is 35.8. The molecule has 0 fully saturated rings. The molecule has 0 aromatic heterocycles. The molecule has 0 saturated carbocycles. The van der Waals surface area contributed by atoms with Gasteiger partial charge < -0.3 is 5.73 Å². The molecule has 2 N–H and O–H groups in total. The standard InChI is InChI=1S/C10H11ClF3N/c11-8-4-2-1-3-7(8)9(15)5-6-10(12,13)14/h1-4,9H,5-6,15H2/t9-/m1/s1. The van der Waals surface area contributed by atoms with E-state index in [1.165, 1.54) is 0 Å². The zero-order chi connectivity index (χ0) is 11.5. The van der Waals surface area contributed by atoms with Crippen molar-refractivity contribution in [1.29, 1.82) is 0 Å². The third-order valence-corrected chi connectivity index (χ3v) is 2.39. The number of hydrogen-bond acceptors (Lipinski definition) is 1. The first kappa shape index (κ1) is 12.3. The van der Waals surface area contributed by atoms with Gasteiger partial charge in [0, 0.05) is 17.5 Å². The smallest absolute Gasteiger partial charge is 0.324 e. The number of rotatable bonds is 3. The summed E-state index contributed by atoms with van der Waals surface area (Å²) in [5, 5.41) is 0.409. The first-order valence-electron chi connectivity index (χ1n) is 4.47. The Morgan fingerprint density at radius 3 is 2.40 bits per heavy atom. The zero-order valence-corrected chi connectivity index (χ0v) is 8.65. The van der Waals surface area contributed by atoms with Gasteiger partial charge in [0.25, 0.3) is 0 Å². The first-order valence-corrected chi connectivity index (χ1v) is 4.85. The molecule has 0 saturated heterocycles. The fourth-order valence-electron chi connectivity index (χ4n) is 1.25. The Kier molecular flexibility index (Phi) is 3.99. The summed E-state index contributed by atoms with van der Waals surface area (Å²) in [7, 11) is 0. The number of nitrogens with two attached hydrogens (primary N) is 1. The molecule has 5 heteroatoms. The van der Waals surface area contributed by atoms with Crippen LogP contribution < -0.4 is 5.73 Å². The Balaban J connectivity index is 2.62. The van der Waals surface area contributed by atoms with Gasteiger partial charge in [-0.05, 0) is 18.1 Å². The van der Waals surface area contributed by atoms with Crippen molar-refractivity contribution in [3.63, 3.8) is 0 Å². The molecule has 0 bridgehead atoms. The molecule has 0 aliphatic carbocycles. The van der Waals surface area contributed by atoms with Crippen LogP contribution in [-0.4, -0.2) is 6.18 Å². The third-order valence-electron chi connectivity index (χ3n) is 2.04. The number of benzene rings is 1. The summed E-state index contributed by atoms with van der Waals surface area (Å²) in [5.41, 5.74) is 6.18. The molecule has 1 rings (SSSR count). The van der Waals surface area contributed by atoms with Gasteiger partial charge in [0.1, 0.15) is 0 Å². The van der Waals surface area contributed by atoms with Gasteiger partial charge in [0.05, 0.1) is 0 Å². The van der Waals surface area contributed by atoms with E-state index in [1.54, 1.807) is 24.3 Å². The minimum atomic E-state index is -4.17. The normalized spacial score (nSPS) is 13.9. The molecular weight excluding hydrogens is 227 g/mol. The number of hydrogen-bond donors (Lipinski definition) is 1. The van der Waals surface area contributed by atoms with Gasteiger partial charge in [-0.1, -0.05) is 29.8 Å². The molecule has 15 heavy (non-hydrogen) atoms.